The highest BCUT2D eigenvalue weighted by atomic mass is 32.1. The van der Waals surface area contributed by atoms with Crippen molar-refractivity contribution in [3.63, 3.8) is 0 Å². The maximum absolute atomic E-state index is 12.9. The number of amides is 1. The normalized spacial score (nSPS) is 12.7. The molecule has 28 heavy (non-hydrogen) atoms. The number of hydrogen-bond acceptors (Lipinski definition) is 6. The molecular weight excluding hydrogens is 374 g/mol. The van der Waals surface area contributed by atoms with Crippen LogP contribution in [0.2, 0.25) is 0 Å². The van der Waals surface area contributed by atoms with Crippen LogP contribution in [-0.2, 0) is 0 Å². The first kappa shape index (κ1) is 16.7. The second-order valence-corrected chi connectivity index (χ2v) is 7.23. The Balaban J connectivity index is 1.47. The van der Waals surface area contributed by atoms with Crippen LogP contribution in [0.4, 0.5) is 5.69 Å². The van der Waals surface area contributed by atoms with Crippen molar-refractivity contribution < 1.29 is 14.3 Å². The van der Waals surface area contributed by atoms with Crippen LogP contribution in [0.25, 0.3) is 20.9 Å². The van der Waals surface area contributed by atoms with Crippen molar-refractivity contribution in [3.05, 3.63) is 66.4 Å². The summed E-state index contributed by atoms with van der Waals surface area (Å²) < 4.78 is 12.2. The van der Waals surface area contributed by atoms with Crippen molar-refractivity contribution in [1.29, 1.82) is 0 Å². The quantitative estimate of drug-likeness (QED) is 0.563. The molecule has 0 fully saturated rings. The number of benzene rings is 2. The molecule has 1 N–H and O–H groups in total. The number of nitrogens with zero attached hydrogens (tertiary/aromatic N) is 2. The summed E-state index contributed by atoms with van der Waals surface area (Å²) in [6.45, 7) is 1.02. The molecule has 5 rings (SSSR count). The summed E-state index contributed by atoms with van der Waals surface area (Å²) in [5.74, 6) is 1.06. The van der Waals surface area contributed by atoms with Crippen LogP contribution in [-0.4, -0.2) is 29.1 Å². The van der Waals surface area contributed by atoms with Gasteiger partial charge in [0.1, 0.15) is 23.9 Å². The first-order chi connectivity index (χ1) is 13.8. The third-order valence-corrected chi connectivity index (χ3v) is 5.39. The molecule has 2 aromatic carbocycles. The molecule has 4 aromatic rings. The molecule has 0 unspecified atom stereocenters. The monoisotopic (exact) mass is 389 g/mol. The molecule has 0 atom stereocenters. The van der Waals surface area contributed by atoms with E-state index in [9.17, 15) is 4.79 Å². The van der Waals surface area contributed by atoms with Crippen molar-refractivity contribution in [3.8, 4) is 22.2 Å². The van der Waals surface area contributed by atoms with Crippen LogP contribution >= 0.6 is 11.3 Å². The largest absolute Gasteiger partial charge is 0.486 e. The number of para-hydroxylation sites is 1. The number of pyridine rings is 1. The predicted molar refractivity (Wildman–Crippen MR) is 108 cm³/mol. The number of carbonyl (C=O) groups is 1. The van der Waals surface area contributed by atoms with Gasteiger partial charge < -0.3 is 14.8 Å². The van der Waals surface area contributed by atoms with Crippen LogP contribution in [0.3, 0.4) is 0 Å². The summed E-state index contributed by atoms with van der Waals surface area (Å²) in [6.07, 6.45) is 1.67. The Morgan fingerprint density at radius 3 is 2.75 bits per heavy atom. The summed E-state index contributed by atoms with van der Waals surface area (Å²) in [5, 5.41) is 3.63. The molecule has 0 radical (unpaired) electrons. The fourth-order valence-electron chi connectivity index (χ4n) is 3.05. The number of thiazole rings is 1. The maximum atomic E-state index is 12.9. The number of hydrogen-bond donors (Lipinski definition) is 1. The molecular formula is C21H15N3O3S. The average Bonchev–Trinajstić information content (AvgIpc) is 3.18. The number of rotatable bonds is 3. The summed E-state index contributed by atoms with van der Waals surface area (Å²) in [7, 11) is 0. The zero-order valence-electron chi connectivity index (χ0n) is 14.7. The Kier molecular flexibility index (Phi) is 4.14. The van der Waals surface area contributed by atoms with Gasteiger partial charge in [-0.25, -0.2) is 4.98 Å². The van der Waals surface area contributed by atoms with Crippen LogP contribution in [0.5, 0.6) is 11.5 Å². The van der Waals surface area contributed by atoms with E-state index >= 15 is 0 Å². The van der Waals surface area contributed by atoms with Crippen LogP contribution in [0.1, 0.15) is 10.4 Å². The van der Waals surface area contributed by atoms with Gasteiger partial charge in [0, 0.05) is 18.0 Å². The van der Waals surface area contributed by atoms with Crippen LogP contribution in [0, 0.1) is 0 Å². The molecule has 2 aromatic heterocycles. The molecule has 1 aliphatic heterocycles. The first-order valence-electron chi connectivity index (χ1n) is 8.80. The van der Waals surface area contributed by atoms with Gasteiger partial charge in [0.05, 0.1) is 15.8 Å². The maximum Gasteiger partial charge on any atom is 0.257 e. The molecule has 1 aliphatic rings. The second kappa shape index (κ2) is 6.94. The molecule has 0 saturated carbocycles. The number of anilines is 1. The van der Waals surface area contributed by atoms with E-state index in [0.29, 0.717) is 46.7 Å². The molecule has 6 nitrogen and oxygen atoms in total. The minimum Gasteiger partial charge on any atom is -0.486 e. The fourth-order valence-corrected chi connectivity index (χ4v) is 4.03. The fraction of sp³-hybridized carbons (Fsp3) is 0.0952. The van der Waals surface area contributed by atoms with Gasteiger partial charge >= 0.3 is 0 Å². The van der Waals surface area contributed by atoms with Crippen molar-refractivity contribution >= 4 is 33.1 Å². The Morgan fingerprint density at radius 1 is 1.00 bits per heavy atom. The Labute approximate surface area is 164 Å². The summed E-state index contributed by atoms with van der Waals surface area (Å²) in [5.41, 5.74) is 2.56. The topological polar surface area (TPSA) is 73.3 Å². The number of fused-ring (bicyclic) bond motifs is 2. The minimum atomic E-state index is -0.251. The van der Waals surface area contributed by atoms with Crippen molar-refractivity contribution in [2.75, 3.05) is 18.5 Å². The van der Waals surface area contributed by atoms with Gasteiger partial charge in [-0.15, -0.1) is 11.3 Å². The third-order valence-electron chi connectivity index (χ3n) is 4.35. The van der Waals surface area contributed by atoms with Gasteiger partial charge in [0.25, 0.3) is 5.91 Å². The molecule has 0 bridgehead atoms. The molecule has 1 amide bonds. The van der Waals surface area contributed by atoms with Gasteiger partial charge in [-0.3, -0.25) is 9.78 Å². The van der Waals surface area contributed by atoms with Gasteiger partial charge in [0.2, 0.25) is 0 Å². The lowest BCUT2D eigenvalue weighted by molar-refractivity contribution is 0.102. The highest BCUT2D eigenvalue weighted by molar-refractivity contribution is 7.21. The smallest absolute Gasteiger partial charge is 0.257 e. The van der Waals surface area contributed by atoms with Gasteiger partial charge in [-0.1, -0.05) is 12.1 Å². The molecule has 0 spiro atoms. The molecule has 7 heteroatoms. The van der Waals surface area contributed by atoms with E-state index in [0.717, 1.165) is 10.2 Å². The summed E-state index contributed by atoms with van der Waals surface area (Å²) >= 11 is 1.52. The SMILES string of the molecule is O=C(Nc1ccc2c(c1)OCCO2)c1cccnc1-c1nc2ccccc2s1. The van der Waals surface area contributed by atoms with E-state index in [-0.39, 0.29) is 5.91 Å². The van der Waals surface area contributed by atoms with E-state index in [1.54, 1.807) is 36.5 Å². The highest BCUT2D eigenvalue weighted by Crippen LogP contribution is 2.34. The Morgan fingerprint density at radius 2 is 1.86 bits per heavy atom. The van der Waals surface area contributed by atoms with Gasteiger partial charge in [-0.2, -0.15) is 0 Å². The Bertz CT molecular complexity index is 1160. The Hall–Kier alpha value is -3.45. The third kappa shape index (κ3) is 3.05. The van der Waals surface area contributed by atoms with Crippen LogP contribution < -0.4 is 14.8 Å². The van der Waals surface area contributed by atoms with Gasteiger partial charge in [0.15, 0.2) is 11.5 Å². The zero-order chi connectivity index (χ0) is 18.9. The lowest BCUT2D eigenvalue weighted by Gasteiger charge is -2.19. The van der Waals surface area contributed by atoms with E-state index in [4.69, 9.17) is 9.47 Å². The molecule has 0 aliphatic carbocycles. The standard InChI is InChI=1S/C21H15N3O3S/c25-20(23-13-7-8-16-17(12-13)27-11-10-26-16)14-4-3-9-22-19(14)21-24-15-5-1-2-6-18(15)28-21/h1-9,12H,10-11H2,(H,23,25). The summed E-state index contributed by atoms with van der Waals surface area (Å²) in [4.78, 5) is 22.0. The van der Waals surface area contributed by atoms with E-state index in [1.165, 1.54) is 11.3 Å². The molecule has 0 saturated heterocycles. The minimum absolute atomic E-state index is 0.251. The first-order valence-corrected chi connectivity index (χ1v) is 9.61. The predicted octanol–water partition coefficient (Wildman–Crippen LogP) is 4.38. The van der Waals surface area contributed by atoms with E-state index in [2.05, 4.69) is 15.3 Å². The summed E-state index contributed by atoms with van der Waals surface area (Å²) in [6, 6.07) is 16.7. The number of aromatic nitrogens is 2. The number of nitrogens with one attached hydrogen (secondary N) is 1. The van der Waals surface area contributed by atoms with Crippen molar-refractivity contribution in [2.24, 2.45) is 0 Å². The van der Waals surface area contributed by atoms with Crippen molar-refractivity contribution in [1.82, 2.24) is 9.97 Å². The molecule has 3 heterocycles. The van der Waals surface area contributed by atoms with E-state index in [1.807, 2.05) is 24.3 Å². The zero-order valence-corrected chi connectivity index (χ0v) is 15.5. The van der Waals surface area contributed by atoms with Crippen molar-refractivity contribution in [2.45, 2.75) is 0 Å². The highest BCUT2D eigenvalue weighted by Gasteiger charge is 2.18. The number of carbonyl (C=O) groups excluding carboxylic acids is 1. The van der Waals surface area contributed by atoms with Gasteiger partial charge in [-0.05, 0) is 36.4 Å². The second-order valence-electron chi connectivity index (χ2n) is 6.20. The lowest BCUT2D eigenvalue weighted by atomic mass is 10.1. The van der Waals surface area contributed by atoms with E-state index < -0.39 is 0 Å². The average molecular weight is 389 g/mol. The number of ether oxygens (including phenoxy) is 2. The lowest BCUT2D eigenvalue weighted by Crippen LogP contribution is -2.17. The van der Waals surface area contributed by atoms with Crippen LogP contribution in [0.15, 0.2) is 60.8 Å². The molecule has 138 valence electrons.